The van der Waals surface area contributed by atoms with Crippen LogP contribution in [-0.4, -0.2) is 29.5 Å². The minimum atomic E-state index is -0.582. The van der Waals surface area contributed by atoms with Crippen LogP contribution in [0.15, 0.2) is 18.3 Å². The fraction of sp³-hybridized carbons (Fsp3) is 0.538. The second-order valence-corrected chi connectivity index (χ2v) is 5.20. The lowest BCUT2D eigenvalue weighted by atomic mass is 9.98. The van der Waals surface area contributed by atoms with Gasteiger partial charge in [0.15, 0.2) is 0 Å². The number of amides is 1. The van der Waals surface area contributed by atoms with Crippen molar-refractivity contribution in [2.45, 2.75) is 32.4 Å². The summed E-state index contributed by atoms with van der Waals surface area (Å²) in [6, 6.07) is 3.84. The third kappa shape index (κ3) is 2.18. The smallest absolute Gasteiger partial charge is 0.245 e. The van der Waals surface area contributed by atoms with E-state index in [-0.39, 0.29) is 11.9 Å². The van der Waals surface area contributed by atoms with Crippen LogP contribution in [-0.2, 0) is 4.79 Å². The summed E-state index contributed by atoms with van der Waals surface area (Å²) in [5.41, 5.74) is 6.33. The third-order valence-electron chi connectivity index (χ3n) is 3.42. The molecular weight excluding hydrogens is 228 g/mol. The largest absolute Gasteiger partial charge is 0.352 e. The van der Waals surface area contributed by atoms with E-state index in [1.165, 1.54) is 0 Å². The van der Waals surface area contributed by atoms with E-state index in [0.29, 0.717) is 6.54 Å². The van der Waals surface area contributed by atoms with Gasteiger partial charge in [-0.1, -0.05) is 0 Å². The molecule has 0 aromatic carbocycles. The van der Waals surface area contributed by atoms with E-state index in [0.717, 1.165) is 17.9 Å². The van der Waals surface area contributed by atoms with E-state index in [2.05, 4.69) is 10.3 Å². The average molecular weight is 248 g/mol. The number of anilines is 1. The Labute approximate surface area is 107 Å². The lowest BCUT2D eigenvalue weighted by Crippen LogP contribution is -2.62. The van der Waals surface area contributed by atoms with Crippen molar-refractivity contribution in [1.82, 2.24) is 10.3 Å². The van der Waals surface area contributed by atoms with Crippen molar-refractivity contribution in [2.24, 2.45) is 5.73 Å². The van der Waals surface area contributed by atoms with Gasteiger partial charge in [0.25, 0.3) is 0 Å². The van der Waals surface area contributed by atoms with Crippen LogP contribution >= 0.6 is 0 Å². The molecule has 0 aliphatic carbocycles. The zero-order valence-electron chi connectivity index (χ0n) is 11.1. The van der Waals surface area contributed by atoms with Crippen molar-refractivity contribution in [3.63, 3.8) is 0 Å². The molecule has 1 atom stereocenters. The number of pyridine rings is 1. The quantitative estimate of drug-likeness (QED) is 0.812. The highest BCUT2D eigenvalue weighted by Crippen LogP contribution is 2.25. The summed E-state index contributed by atoms with van der Waals surface area (Å²) in [6.45, 7) is 7.15. The number of piperazine rings is 1. The second-order valence-electron chi connectivity index (χ2n) is 5.20. The molecular formula is C13H20N4O. The fourth-order valence-corrected chi connectivity index (χ4v) is 2.17. The minimum Gasteiger partial charge on any atom is -0.352 e. The van der Waals surface area contributed by atoms with Crippen LogP contribution in [0.3, 0.4) is 0 Å². The molecule has 1 aliphatic rings. The van der Waals surface area contributed by atoms with E-state index in [1.54, 1.807) is 6.20 Å². The van der Waals surface area contributed by atoms with Gasteiger partial charge in [0.05, 0.1) is 0 Å². The molecule has 0 bridgehead atoms. The molecule has 1 aromatic heterocycles. The highest BCUT2D eigenvalue weighted by atomic mass is 16.2. The summed E-state index contributed by atoms with van der Waals surface area (Å²) in [4.78, 5) is 18.3. The van der Waals surface area contributed by atoms with Crippen LogP contribution in [0.2, 0.25) is 0 Å². The number of hydrogen-bond donors (Lipinski definition) is 2. The maximum absolute atomic E-state index is 11.9. The van der Waals surface area contributed by atoms with Crippen LogP contribution in [0.25, 0.3) is 0 Å². The Bertz CT molecular complexity index is 456. The standard InChI is InChI=1S/C13H20N4O/c1-9(14)10-4-5-15-11(8-10)17-7-6-16-12(18)13(17,2)3/h4-5,8-9H,6-7,14H2,1-3H3,(H,16,18)/t9-/m0/s1. The predicted octanol–water partition coefficient (Wildman–Crippen LogP) is 0.816. The maximum atomic E-state index is 11.9. The number of aromatic nitrogens is 1. The van der Waals surface area contributed by atoms with Gasteiger partial charge in [-0.25, -0.2) is 4.98 Å². The molecule has 1 aromatic rings. The number of nitrogens with zero attached hydrogens (tertiary/aromatic N) is 2. The summed E-state index contributed by atoms with van der Waals surface area (Å²) in [5, 5.41) is 2.88. The molecule has 0 spiro atoms. The third-order valence-corrected chi connectivity index (χ3v) is 3.42. The Hall–Kier alpha value is -1.62. The van der Waals surface area contributed by atoms with Crippen LogP contribution in [0.4, 0.5) is 5.82 Å². The molecule has 0 radical (unpaired) electrons. The van der Waals surface area contributed by atoms with Gasteiger partial charge in [0, 0.05) is 25.3 Å². The highest BCUT2D eigenvalue weighted by molar-refractivity contribution is 5.90. The molecule has 2 rings (SSSR count). The van der Waals surface area contributed by atoms with Crippen LogP contribution < -0.4 is 16.0 Å². The van der Waals surface area contributed by atoms with E-state index >= 15 is 0 Å². The Morgan fingerprint density at radius 1 is 1.56 bits per heavy atom. The molecule has 1 fully saturated rings. The summed E-state index contributed by atoms with van der Waals surface area (Å²) < 4.78 is 0. The molecule has 5 heteroatoms. The lowest BCUT2D eigenvalue weighted by Gasteiger charge is -2.42. The van der Waals surface area contributed by atoms with Crippen LogP contribution in [0.1, 0.15) is 32.4 Å². The van der Waals surface area contributed by atoms with Gasteiger partial charge in [0.2, 0.25) is 5.91 Å². The molecule has 1 amide bonds. The number of nitrogens with two attached hydrogens (primary N) is 1. The molecule has 98 valence electrons. The first-order valence-electron chi connectivity index (χ1n) is 6.20. The Morgan fingerprint density at radius 3 is 2.94 bits per heavy atom. The Kier molecular flexibility index (Phi) is 3.26. The van der Waals surface area contributed by atoms with Crippen molar-refractivity contribution in [2.75, 3.05) is 18.0 Å². The molecule has 0 unspecified atom stereocenters. The first-order chi connectivity index (χ1) is 8.43. The molecule has 5 nitrogen and oxygen atoms in total. The fourth-order valence-electron chi connectivity index (χ4n) is 2.17. The van der Waals surface area contributed by atoms with Crippen molar-refractivity contribution < 1.29 is 4.79 Å². The van der Waals surface area contributed by atoms with E-state index in [9.17, 15) is 4.79 Å². The molecule has 1 saturated heterocycles. The zero-order chi connectivity index (χ0) is 13.3. The van der Waals surface area contributed by atoms with Crippen molar-refractivity contribution >= 4 is 11.7 Å². The minimum absolute atomic E-state index is 0.0294. The molecule has 1 aliphatic heterocycles. The number of nitrogens with one attached hydrogen (secondary N) is 1. The first kappa shape index (κ1) is 12.8. The van der Waals surface area contributed by atoms with Gasteiger partial charge < -0.3 is 16.0 Å². The van der Waals surface area contributed by atoms with Gasteiger partial charge in [-0.3, -0.25) is 4.79 Å². The zero-order valence-corrected chi connectivity index (χ0v) is 11.1. The monoisotopic (exact) mass is 248 g/mol. The summed E-state index contributed by atoms with van der Waals surface area (Å²) in [7, 11) is 0. The van der Waals surface area contributed by atoms with E-state index in [1.807, 2.05) is 37.8 Å². The molecule has 0 saturated carbocycles. The van der Waals surface area contributed by atoms with E-state index < -0.39 is 5.54 Å². The lowest BCUT2D eigenvalue weighted by molar-refractivity contribution is -0.126. The first-order valence-corrected chi connectivity index (χ1v) is 6.20. The second kappa shape index (κ2) is 4.57. The van der Waals surface area contributed by atoms with Crippen LogP contribution in [0, 0.1) is 0 Å². The van der Waals surface area contributed by atoms with Gasteiger partial charge in [0.1, 0.15) is 11.4 Å². The van der Waals surface area contributed by atoms with Crippen molar-refractivity contribution in [3.05, 3.63) is 23.9 Å². The van der Waals surface area contributed by atoms with Gasteiger partial charge in [-0.05, 0) is 38.5 Å². The van der Waals surface area contributed by atoms with Crippen LogP contribution in [0.5, 0.6) is 0 Å². The number of carbonyl (C=O) groups excluding carboxylic acids is 1. The average Bonchev–Trinajstić information content (AvgIpc) is 2.32. The summed E-state index contributed by atoms with van der Waals surface area (Å²) in [6.07, 6.45) is 1.75. The van der Waals surface area contributed by atoms with Gasteiger partial charge in [-0.15, -0.1) is 0 Å². The van der Waals surface area contributed by atoms with Gasteiger partial charge in [-0.2, -0.15) is 0 Å². The number of rotatable bonds is 2. The number of hydrogen-bond acceptors (Lipinski definition) is 4. The molecule has 3 N–H and O–H groups in total. The topological polar surface area (TPSA) is 71.2 Å². The normalized spacial score (nSPS) is 20.4. The Balaban J connectivity index is 2.35. The highest BCUT2D eigenvalue weighted by Gasteiger charge is 2.38. The summed E-state index contributed by atoms with van der Waals surface area (Å²) in [5.74, 6) is 0.839. The number of carbonyl (C=O) groups is 1. The molecule has 18 heavy (non-hydrogen) atoms. The predicted molar refractivity (Wildman–Crippen MR) is 71.3 cm³/mol. The van der Waals surface area contributed by atoms with Crippen molar-refractivity contribution in [1.29, 1.82) is 0 Å². The maximum Gasteiger partial charge on any atom is 0.245 e. The summed E-state index contributed by atoms with van der Waals surface area (Å²) >= 11 is 0. The SMILES string of the molecule is C[C@H](N)c1ccnc(N2CCNC(=O)C2(C)C)c1. The molecule has 2 heterocycles. The van der Waals surface area contributed by atoms with Gasteiger partial charge >= 0.3 is 0 Å². The van der Waals surface area contributed by atoms with E-state index in [4.69, 9.17) is 5.73 Å². The Morgan fingerprint density at radius 2 is 2.28 bits per heavy atom. The van der Waals surface area contributed by atoms with Crippen molar-refractivity contribution in [3.8, 4) is 0 Å².